The molecule has 1 aliphatic heterocycles. The standard InChI is InChI=1S/C14H16ClNO2S/c15-10-5-6-14-12(9-10)13(7-8-19(14,17)18)16-11-3-1-2-4-11/h1-2,5-6,9,11,13,16H,3-4,7-8H2/t13-/m0/s1. The molecule has 1 aromatic carbocycles. The summed E-state index contributed by atoms with van der Waals surface area (Å²) >= 11 is 6.02. The minimum atomic E-state index is -3.14. The Bertz CT molecular complexity index is 616. The molecule has 1 aliphatic carbocycles. The van der Waals surface area contributed by atoms with E-state index in [1.165, 1.54) is 0 Å². The van der Waals surface area contributed by atoms with Crippen molar-refractivity contribution < 1.29 is 8.42 Å². The van der Waals surface area contributed by atoms with E-state index >= 15 is 0 Å². The largest absolute Gasteiger partial charge is 0.306 e. The van der Waals surface area contributed by atoms with E-state index in [2.05, 4.69) is 17.5 Å². The lowest BCUT2D eigenvalue weighted by Crippen LogP contribution is -2.35. The van der Waals surface area contributed by atoms with Crippen LogP contribution in [-0.4, -0.2) is 20.2 Å². The molecule has 0 bridgehead atoms. The lowest BCUT2D eigenvalue weighted by molar-refractivity contribution is 0.426. The maximum Gasteiger partial charge on any atom is 0.178 e. The first-order chi connectivity index (χ1) is 9.06. The Labute approximate surface area is 118 Å². The molecule has 0 saturated carbocycles. The van der Waals surface area contributed by atoms with Crippen LogP contribution in [0.2, 0.25) is 5.02 Å². The number of nitrogens with one attached hydrogen (secondary N) is 1. The molecule has 0 spiro atoms. The Hall–Kier alpha value is -0.840. The Kier molecular flexibility index (Phi) is 3.41. The molecule has 0 unspecified atom stereocenters. The van der Waals surface area contributed by atoms with Crippen LogP contribution in [0.15, 0.2) is 35.2 Å². The number of sulfone groups is 1. The normalized spacial score (nSPS) is 25.4. The molecule has 0 radical (unpaired) electrons. The highest BCUT2D eigenvalue weighted by Crippen LogP contribution is 2.34. The number of fused-ring (bicyclic) bond motifs is 1. The predicted molar refractivity (Wildman–Crippen MR) is 76.2 cm³/mol. The minimum absolute atomic E-state index is 0.0853. The Balaban J connectivity index is 1.94. The van der Waals surface area contributed by atoms with Gasteiger partial charge in [-0.15, -0.1) is 0 Å². The Morgan fingerprint density at radius 2 is 1.95 bits per heavy atom. The second-order valence-corrected chi connectivity index (χ2v) is 7.66. The molecule has 102 valence electrons. The van der Waals surface area contributed by atoms with Crippen molar-refractivity contribution in [3.63, 3.8) is 0 Å². The molecule has 1 aromatic rings. The molecule has 0 saturated heterocycles. The van der Waals surface area contributed by atoms with Crippen molar-refractivity contribution in [2.24, 2.45) is 0 Å². The zero-order valence-electron chi connectivity index (χ0n) is 10.5. The van der Waals surface area contributed by atoms with Crippen LogP contribution in [0.25, 0.3) is 0 Å². The van der Waals surface area contributed by atoms with E-state index in [1.54, 1.807) is 18.2 Å². The van der Waals surface area contributed by atoms with Gasteiger partial charge in [-0.1, -0.05) is 23.8 Å². The fraction of sp³-hybridized carbons (Fsp3) is 0.429. The van der Waals surface area contributed by atoms with Gasteiger partial charge in [0.25, 0.3) is 0 Å². The van der Waals surface area contributed by atoms with Gasteiger partial charge >= 0.3 is 0 Å². The third-order valence-corrected chi connectivity index (χ3v) is 5.85. The molecule has 3 nitrogen and oxygen atoms in total. The summed E-state index contributed by atoms with van der Waals surface area (Å²) in [5, 5.41) is 4.14. The van der Waals surface area contributed by atoms with E-state index < -0.39 is 9.84 Å². The van der Waals surface area contributed by atoms with Crippen LogP contribution in [0.3, 0.4) is 0 Å². The van der Waals surface area contributed by atoms with Crippen molar-refractivity contribution in [2.45, 2.75) is 36.2 Å². The van der Waals surface area contributed by atoms with E-state index in [0.717, 1.165) is 18.4 Å². The summed E-state index contributed by atoms with van der Waals surface area (Å²) in [5.74, 6) is 0.208. The number of halogens is 1. The molecular formula is C14H16ClNO2S. The molecule has 2 aliphatic rings. The number of rotatable bonds is 2. The molecule has 0 amide bonds. The Morgan fingerprint density at radius 3 is 2.68 bits per heavy atom. The predicted octanol–water partition coefficient (Wildman–Crippen LogP) is 2.87. The molecule has 1 N–H and O–H groups in total. The Morgan fingerprint density at radius 1 is 1.21 bits per heavy atom. The van der Waals surface area contributed by atoms with E-state index in [1.807, 2.05) is 0 Å². The van der Waals surface area contributed by atoms with Gasteiger partial charge in [0.15, 0.2) is 9.84 Å². The molecule has 19 heavy (non-hydrogen) atoms. The molecular weight excluding hydrogens is 282 g/mol. The molecule has 0 fully saturated rings. The smallest absolute Gasteiger partial charge is 0.178 e. The SMILES string of the molecule is O=S1(=O)CC[C@H](NC2CC=CC2)c2cc(Cl)ccc21. The number of benzene rings is 1. The quantitative estimate of drug-likeness (QED) is 0.854. The number of hydrogen-bond acceptors (Lipinski definition) is 3. The first-order valence-electron chi connectivity index (χ1n) is 6.49. The molecule has 0 aromatic heterocycles. The fourth-order valence-electron chi connectivity index (χ4n) is 2.82. The first-order valence-corrected chi connectivity index (χ1v) is 8.52. The summed E-state index contributed by atoms with van der Waals surface area (Å²) < 4.78 is 24.2. The lowest BCUT2D eigenvalue weighted by atomic mass is 10.0. The second kappa shape index (κ2) is 4.93. The summed E-state index contributed by atoms with van der Waals surface area (Å²) in [6.45, 7) is 0. The molecule has 1 heterocycles. The van der Waals surface area contributed by atoms with E-state index in [-0.39, 0.29) is 11.8 Å². The highest BCUT2D eigenvalue weighted by molar-refractivity contribution is 7.91. The number of hydrogen-bond donors (Lipinski definition) is 1. The van der Waals surface area contributed by atoms with Crippen molar-refractivity contribution >= 4 is 21.4 Å². The van der Waals surface area contributed by atoms with Gasteiger partial charge in [-0.05, 0) is 43.0 Å². The van der Waals surface area contributed by atoms with Gasteiger partial charge in [0.1, 0.15) is 0 Å². The second-order valence-electron chi connectivity index (χ2n) is 5.15. The van der Waals surface area contributed by atoms with Crippen LogP contribution < -0.4 is 5.32 Å². The van der Waals surface area contributed by atoms with Crippen molar-refractivity contribution in [2.75, 3.05) is 5.75 Å². The van der Waals surface area contributed by atoms with Gasteiger partial charge in [-0.25, -0.2) is 8.42 Å². The van der Waals surface area contributed by atoms with Crippen LogP contribution in [-0.2, 0) is 9.84 Å². The van der Waals surface area contributed by atoms with Crippen LogP contribution in [0.4, 0.5) is 0 Å². The maximum absolute atomic E-state index is 12.1. The van der Waals surface area contributed by atoms with Crippen molar-refractivity contribution in [1.82, 2.24) is 5.32 Å². The molecule has 5 heteroatoms. The van der Waals surface area contributed by atoms with Crippen molar-refractivity contribution in [3.05, 3.63) is 40.9 Å². The summed E-state index contributed by atoms with van der Waals surface area (Å²) in [7, 11) is -3.14. The summed E-state index contributed by atoms with van der Waals surface area (Å²) in [5.41, 5.74) is 0.825. The van der Waals surface area contributed by atoms with Crippen molar-refractivity contribution in [3.8, 4) is 0 Å². The fourth-order valence-corrected chi connectivity index (χ4v) is 4.61. The highest BCUT2D eigenvalue weighted by atomic mass is 35.5. The van der Waals surface area contributed by atoms with E-state index in [9.17, 15) is 8.42 Å². The van der Waals surface area contributed by atoms with Gasteiger partial charge in [0, 0.05) is 17.1 Å². The zero-order chi connectivity index (χ0) is 13.5. The highest BCUT2D eigenvalue weighted by Gasteiger charge is 2.31. The van der Waals surface area contributed by atoms with Crippen LogP contribution in [0.5, 0.6) is 0 Å². The summed E-state index contributed by atoms with van der Waals surface area (Å²) in [4.78, 5) is 0.437. The van der Waals surface area contributed by atoms with Gasteiger partial charge in [0.2, 0.25) is 0 Å². The first kappa shape index (κ1) is 13.2. The lowest BCUT2D eigenvalue weighted by Gasteiger charge is -2.29. The van der Waals surface area contributed by atoms with E-state index in [4.69, 9.17) is 11.6 Å². The molecule has 3 rings (SSSR count). The maximum atomic E-state index is 12.1. The summed E-state index contributed by atoms with van der Waals surface area (Å²) in [6, 6.07) is 5.57. The van der Waals surface area contributed by atoms with Gasteiger partial charge in [0.05, 0.1) is 10.6 Å². The average Bonchev–Trinajstić information content (AvgIpc) is 2.85. The third-order valence-electron chi connectivity index (χ3n) is 3.80. The third kappa shape index (κ3) is 2.57. The molecule has 1 atom stereocenters. The zero-order valence-corrected chi connectivity index (χ0v) is 12.0. The van der Waals surface area contributed by atoms with Crippen LogP contribution in [0.1, 0.15) is 30.9 Å². The van der Waals surface area contributed by atoms with E-state index in [0.29, 0.717) is 22.4 Å². The van der Waals surface area contributed by atoms with Crippen LogP contribution >= 0.6 is 11.6 Å². The summed E-state index contributed by atoms with van der Waals surface area (Å²) in [6.07, 6.45) is 6.97. The van der Waals surface area contributed by atoms with Gasteiger partial charge in [-0.2, -0.15) is 0 Å². The van der Waals surface area contributed by atoms with Gasteiger partial charge < -0.3 is 5.32 Å². The minimum Gasteiger partial charge on any atom is -0.306 e. The topological polar surface area (TPSA) is 46.2 Å². The van der Waals surface area contributed by atoms with Crippen molar-refractivity contribution in [1.29, 1.82) is 0 Å². The monoisotopic (exact) mass is 297 g/mol. The van der Waals surface area contributed by atoms with Crippen LogP contribution in [0, 0.1) is 0 Å². The average molecular weight is 298 g/mol. The van der Waals surface area contributed by atoms with Gasteiger partial charge in [-0.3, -0.25) is 0 Å².